The van der Waals surface area contributed by atoms with Gasteiger partial charge in [-0.15, -0.1) is 0 Å². The minimum Gasteiger partial charge on any atom is -0.484 e. The summed E-state index contributed by atoms with van der Waals surface area (Å²) in [4.78, 5) is 4.65. The Bertz CT molecular complexity index is 504. The third-order valence-corrected chi connectivity index (χ3v) is 4.45. The molecule has 4 heteroatoms. The smallest absolute Gasteiger partial charge is 0.190 e. The maximum absolute atomic E-state index is 5.53. The fourth-order valence-electron chi connectivity index (χ4n) is 2.89. The van der Waals surface area contributed by atoms with Crippen LogP contribution in [0, 0.1) is 5.92 Å². The van der Waals surface area contributed by atoms with E-state index in [2.05, 4.69) is 40.6 Å². The van der Waals surface area contributed by atoms with E-state index in [9.17, 15) is 0 Å². The summed E-state index contributed by atoms with van der Waals surface area (Å²) in [6.07, 6.45) is 9.06. The van der Waals surface area contributed by atoms with Crippen molar-refractivity contribution >= 4 is 23.5 Å². The maximum atomic E-state index is 5.53. The molecule has 0 amide bonds. The highest BCUT2D eigenvalue weighted by Gasteiger charge is 2.20. The predicted octanol–water partition coefficient (Wildman–Crippen LogP) is 5.06. The van der Waals surface area contributed by atoms with Gasteiger partial charge >= 0.3 is 0 Å². The number of nitrogens with one attached hydrogen (secondary N) is 1. The van der Waals surface area contributed by atoms with Crippen LogP contribution in [0.25, 0.3) is 0 Å². The minimum atomic E-state index is 0.476. The molecule has 0 unspecified atom stereocenters. The van der Waals surface area contributed by atoms with Gasteiger partial charge in [0.2, 0.25) is 0 Å². The van der Waals surface area contributed by atoms with Crippen LogP contribution in [0.1, 0.15) is 37.7 Å². The average Bonchev–Trinajstić information content (AvgIpc) is 2.55. The van der Waals surface area contributed by atoms with Crippen LogP contribution in [0.5, 0.6) is 0 Å². The van der Waals surface area contributed by atoms with Crippen LogP contribution in [0.2, 0.25) is 0 Å². The molecule has 22 heavy (non-hydrogen) atoms. The molecular weight excluding hydrogens is 292 g/mol. The van der Waals surface area contributed by atoms with Gasteiger partial charge in [0.25, 0.3) is 0 Å². The summed E-state index contributed by atoms with van der Waals surface area (Å²) in [6.45, 7) is 4.10. The Kier molecular flexibility index (Phi) is 6.84. The summed E-state index contributed by atoms with van der Waals surface area (Å²) in [5, 5.41) is 0. The summed E-state index contributed by atoms with van der Waals surface area (Å²) in [5.74, 6) is 1.34. The summed E-state index contributed by atoms with van der Waals surface area (Å²) < 4.78 is 8.74. The van der Waals surface area contributed by atoms with Gasteiger partial charge in [-0.05, 0) is 30.5 Å². The molecule has 1 aromatic carbocycles. The van der Waals surface area contributed by atoms with Gasteiger partial charge < -0.3 is 9.46 Å². The molecule has 0 heterocycles. The van der Waals surface area contributed by atoms with Gasteiger partial charge in [0.15, 0.2) is 5.90 Å². The lowest BCUT2D eigenvalue weighted by Crippen LogP contribution is -2.19. The number of rotatable bonds is 6. The fourth-order valence-corrected chi connectivity index (χ4v) is 3.26. The highest BCUT2D eigenvalue weighted by Crippen LogP contribution is 2.26. The van der Waals surface area contributed by atoms with Gasteiger partial charge in [0, 0.05) is 30.0 Å². The van der Waals surface area contributed by atoms with E-state index < -0.39 is 0 Å². The first kappa shape index (κ1) is 16.9. The van der Waals surface area contributed by atoms with E-state index in [4.69, 9.17) is 4.74 Å². The second-order valence-electron chi connectivity index (χ2n) is 5.74. The number of hydrogen-bond acceptors (Lipinski definition) is 4. The molecule has 3 nitrogen and oxygen atoms in total. The van der Waals surface area contributed by atoms with E-state index in [1.165, 1.54) is 37.7 Å². The normalized spacial score (nSPS) is 16.4. The zero-order valence-electron chi connectivity index (χ0n) is 13.6. The van der Waals surface area contributed by atoms with Crippen LogP contribution in [-0.4, -0.2) is 19.3 Å². The molecule has 0 saturated heterocycles. The number of benzene rings is 1. The number of methoxy groups -OCH3 is 1. The number of aliphatic imine (C=N–C) groups is 1. The van der Waals surface area contributed by atoms with Gasteiger partial charge in [-0.25, -0.2) is 4.99 Å². The molecule has 1 aliphatic rings. The molecule has 0 bridgehead atoms. The van der Waals surface area contributed by atoms with Crippen LogP contribution in [0.15, 0.2) is 41.5 Å². The van der Waals surface area contributed by atoms with Crippen LogP contribution in [-0.2, 0) is 11.2 Å². The summed E-state index contributed by atoms with van der Waals surface area (Å²) in [6, 6.07) is 8.40. The summed E-state index contributed by atoms with van der Waals surface area (Å²) >= 11 is 1.60. The van der Waals surface area contributed by atoms with Crippen molar-refractivity contribution in [2.24, 2.45) is 10.9 Å². The Morgan fingerprint density at radius 2 is 1.95 bits per heavy atom. The molecule has 1 aliphatic carbocycles. The van der Waals surface area contributed by atoms with Crippen LogP contribution in [0.4, 0.5) is 5.69 Å². The molecule has 0 aliphatic heterocycles. The first-order valence-corrected chi connectivity index (χ1v) is 9.13. The van der Waals surface area contributed by atoms with Crippen LogP contribution >= 0.6 is 11.9 Å². The molecule has 1 fully saturated rings. The van der Waals surface area contributed by atoms with E-state index in [0.717, 1.165) is 23.7 Å². The van der Waals surface area contributed by atoms with Gasteiger partial charge in [-0.1, -0.05) is 49.9 Å². The van der Waals surface area contributed by atoms with Crippen LogP contribution < -0.4 is 4.72 Å². The lowest BCUT2D eigenvalue weighted by molar-refractivity contribution is 0.326. The van der Waals surface area contributed by atoms with Crippen LogP contribution in [0.3, 0.4) is 0 Å². The fraction of sp³-hybridized carbons (Fsp3) is 0.500. The zero-order chi connectivity index (χ0) is 15.8. The summed E-state index contributed by atoms with van der Waals surface area (Å²) in [7, 11) is 1.73. The molecule has 0 radical (unpaired) electrons. The first-order chi connectivity index (χ1) is 10.7. The maximum Gasteiger partial charge on any atom is 0.190 e. The van der Waals surface area contributed by atoms with Gasteiger partial charge in [0.05, 0.1) is 7.11 Å². The Morgan fingerprint density at radius 3 is 2.55 bits per heavy atom. The molecule has 120 valence electrons. The molecule has 0 spiro atoms. The number of allylic oxidation sites excluding steroid dienone is 1. The van der Waals surface area contributed by atoms with E-state index in [-0.39, 0.29) is 0 Å². The highest BCUT2D eigenvalue weighted by atomic mass is 32.2. The minimum absolute atomic E-state index is 0.476. The van der Waals surface area contributed by atoms with Crippen molar-refractivity contribution in [1.82, 2.24) is 0 Å². The molecule has 1 N–H and O–H groups in total. The average molecular weight is 318 g/mol. The molecule has 1 saturated carbocycles. The molecule has 1 aromatic rings. The number of nitrogens with zero attached hydrogens (tertiary/aromatic N) is 1. The monoisotopic (exact) mass is 318 g/mol. The molecule has 2 rings (SSSR count). The van der Waals surface area contributed by atoms with E-state index >= 15 is 0 Å². The third-order valence-electron chi connectivity index (χ3n) is 4.01. The van der Waals surface area contributed by atoms with Crippen molar-refractivity contribution in [1.29, 1.82) is 0 Å². The van der Waals surface area contributed by atoms with Crippen molar-refractivity contribution < 1.29 is 4.74 Å². The lowest BCUT2D eigenvalue weighted by atomic mass is 9.89. The Balaban J connectivity index is 1.96. The molecule has 0 atom stereocenters. The van der Waals surface area contributed by atoms with E-state index in [1.807, 2.05) is 6.26 Å². The van der Waals surface area contributed by atoms with Crippen molar-refractivity contribution in [3.05, 3.63) is 42.1 Å². The summed E-state index contributed by atoms with van der Waals surface area (Å²) in [5.41, 5.74) is 3.21. The molecular formula is C18H26N2OS. The lowest BCUT2D eigenvalue weighted by Gasteiger charge is -2.22. The van der Waals surface area contributed by atoms with Gasteiger partial charge in [0.1, 0.15) is 0 Å². The first-order valence-electron chi connectivity index (χ1n) is 7.91. The van der Waals surface area contributed by atoms with E-state index in [1.54, 1.807) is 19.1 Å². The second-order valence-corrected chi connectivity index (χ2v) is 6.35. The van der Waals surface area contributed by atoms with Crippen molar-refractivity contribution in [2.75, 3.05) is 18.1 Å². The topological polar surface area (TPSA) is 33.6 Å². The number of ether oxygens (including phenoxy) is 1. The Labute approximate surface area is 138 Å². The second kappa shape index (κ2) is 8.89. The molecule has 0 aromatic heterocycles. The SMILES string of the molecule is C=C(Cc1ccc(NSC)cc1)N=C(OC)C1CCCCC1. The predicted molar refractivity (Wildman–Crippen MR) is 97.4 cm³/mol. The Hall–Kier alpha value is -1.42. The quantitative estimate of drug-likeness (QED) is 0.452. The number of hydrogen-bond donors (Lipinski definition) is 1. The largest absolute Gasteiger partial charge is 0.484 e. The van der Waals surface area contributed by atoms with Crippen molar-refractivity contribution in [3.8, 4) is 0 Å². The highest BCUT2D eigenvalue weighted by molar-refractivity contribution is 7.99. The number of anilines is 1. The van der Waals surface area contributed by atoms with Crippen molar-refractivity contribution in [2.45, 2.75) is 38.5 Å². The zero-order valence-corrected chi connectivity index (χ0v) is 14.4. The standard InChI is InChI=1S/C18H26N2OS/c1-14(13-15-9-11-17(12-10-15)20-22-3)19-18(21-2)16-7-5-4-6-8-16/h9-12,16,20H,1,4-8,13H2,2-3H3. The third kappa shape index (κ3) is 5.09. The van der Waals surface area contributed by atoms with Crippen molar-refractivity contribution in [3.63, 3.8) is 0 Å². The Morgan fingerprint density at radius 1 is 1.27 bits per heavy atom. The van der Waals surface area contributed by atoms with Gasteiger partial charge in [-0.2, -0.15) is 0 Å². The van der Waals surface area contributed by atoms with E-state index in [0.29, 0.717) is 5.92 Å². The van der Waals surface area contributed by atoms with Gasteiger partial charge in [-0.3, -0.25) is 0 Å².